The van der Waals surface area contributed by atoms with Crippen LogP contribution in [-0.2, 0) is 9.53 Å². The number of hydrogen-bond donors (Lipinski definition) is 1. The van der Waals surface area contributed by atoms with Crippen molar-refractivity contribution in [1.29, 1.82) is 0 Å². The van der Waals surface area contributed by atoms with Gasteiger partial charge in [-0.25, -0.2) is 0 Å². The van der Waals surface area contributed by atoms with Crippen LogP contribution in [0.1, 0.15) is 20.8 Å². The van der Waals surface area contributed by atoms with Crippen molar-refractivity contribution in [3.63, 3.8) is 0 Å². The summed E-state index contributed by atoms with van der Waals surface area (Å²) < 4.78 is 5.54. The summed E-state index contributed by atoms with van der Waals surface area (Å²) in [5.41, 5.74) is 0. The van der Waals surface area contributed by atoms with Crippen molar-refractivity contribution in [3.8, 4) is 0 Å². The van der Waals surface area contributed by atoms with E-state index in [2.05, 4.69) is 24.1 Å². The van der Waals surface area contributed by atoms with Gasteiger partial charge in [0.15, 0.2) is 0 Å². The molecule has 0 aliphatic carbocycles. The van der Waals surface area contributed by atoms with Crippen LogP contribution < -0.4 is 5.32 Å². The summed E-state index contributed by atoms with van der Waals surface area (Å²) >= 11 is 0. The number of halogens is 2. The highest BCUT2D eigenvalue weighted by Gasteiger charge is 2.33. The minimum absolute atomic E-state index is 0. The molecule has 5 nitrogen and oxygen atoms in total. The lowest BCUT2D eigenvalue weighted by Gasteiger charge is -2.40. The van der Waals surface area contributed by atoms with Crippen LogP contribution in [0, 0.1) is 0 Å². The highest BCUT2D eigenvalue weighted by atomic mass is 35.5. The SMILES string of the molecule is CC(C)N1CCN(C(=O)[C@H]2NCCO[C@@H]2C)CC1.Cl.Cl. The molecule has 0 unspecified atom stereocenters. The van der Waals surface area contributed by atoms with E-state index in [0.29, 0.717) is 12.6 Å². The molecule has 0 aromatic rings. The molecular weight excluding hydrogens is 301 g/mol. The first-order valence-electron chi connectivity index (χ1n) is 6.97. The quantitative estimate of drug-likeness (QED) is 0.813. The third-order valence-electron chi connectivity index (χ3n) is 3.94. The summed E-state index contributed by atoms with van der Waals surface area (Å²) in [4.78, 5) is 16.8. The summed E-state index contributed by atoms with van der Waals surface area (Å²) in [6, 6.07) is 0.404. The molecule has 1 amide bonds. The van der Waals surface area contributed by atoms with Gasteiger partial charge in [0.25, 0.3) is 0 Å². The largest absolute Gasteiger partial charge is 0.375 e. The Kier molecular flexibility index (Phi) is 9.02. The van der Waals surface area contributed by atoms with Crippen molar-refractivity contribution in [2.75, 3.05) is 39.3 Å². The molecule has 0 radical (unpaired) electrons. The van der Waals surface area contributed by atoms with Gasteiger partial charge in [-0.15, -0.1) is 24.8 Å². The Morgan fingerprint density at radius 3 is 2.30 bits per heavy atom. The highest BCUT2D eigenvalue weighted by molar-refractivity contribution is 5.85. The topological polar surface area (TPSA) is 44.8 Å². The molecule has 20 heavy (non-hydrogen) atoms. The van der Waals surface area contributed by atoms with Gasteiger partial charge in [-0.3, -0.25) is 9.69 Å². The minimum atomic E-state index is -0.163. The molecule has 0 aromatic heterocycles. The number of piperazine rings is 1. The van der Waals surface area contributed by atoms with Crippen molar-refractivity contribution < 1.29 is 9.53 Å². The number of morpholine rings is 1. The highest BCUT2D eigenvalue weighted by Crippen LogP contribution is 2.11. The van der Waals surface area contributed by atoms with Crippen LogP contribution in [0.5, 0.6) is 0 Å². The van der Waals surface area contributed by atoms with Crippen molar-refractivity contribution in [2.45, 2.75) is 39.0 Å². The van der Waals surface area contributed by atoms with E-state index in [9.17, 15) is 4.79 Å². The first kappa shape index (κ1) is 19.9. The zero-order chi connectivity index (χ0) is 13.1. The molecule has 0 bridgehead atoms. The maximum Gasteiger partial charge on any atom is 0.242 e. The molecule has 120 valence electrons. The van der Waals surface area contributed by atoms with Gasteiger partial charge in [0, 0.05) is 38.8 Å². The number of amides is 1. The summed E-state index contributed by atoms with van der Waals surface area (Å²) in [7, 11) is 0. The van der Waals surface area contributed by atoms with Crippen LogP contribution in [-0.4, -0.2) is 73.2 Å². The molecule has 2 heterocycles. The Morgan fingerprint density at radius 2 is 1.80 bits per heavy atom. The Labute approximate surface area is 134 Å². The second-order valence-corrected chi connectivity index (χ2v) is 5.46. The Balaban J connectivity index is 0.00000180. The average molecular weight is 328 g/mol. The fraction of sp³-hybridized carbons (Fsp3) is 0.923. The lowest BCUT2D eigenvalue weighted by atomic mass is 10.1. The molecule has 0 aromatic carbocycles. The summed E-state index contributed by atoms with van der Waals surface area (Å²) in [5.74, 6) is 0.200. The number of nitrogens with one attached hydrogen (secondary N) is 1. The van der Waals surface area contributed by atoms with E-state index in [1.807, 2.05) is 11.8 Å². The third kappa shape index (κ3) is 4.74. The summed E-state index contributed by atoms with van der Waals surface area (Å²) in [5, 5.41) is 3.27. The van der Waals surface area contributed by atoms with Gasteiger partial charge in [0.2, 0.25) is 5.91 Å². The predicted octanol–water partition coefficient (Wildman–Crippen LogP) is 0.760. The molecule has 2 atom stereocenters. The van der Waals surface area contributed by atoms with E-state index >= 15 is 0 Å². The van der Waals surface area contributed by atoms with Gasteiger partial charge in [0.1, 0.15) is 6.04 Å². The van der Waals surface area contributed by atoms with E-state index in [1.165, 1.54) is 0 Å². The second-order valence-electron chi connectivity index (χ2n) is 5.46. The van der Waals surface area contributed by atoms with Crippen LogP contribution >= 0.6 is 24.8 Å². The monoisotopic (exact) mass is 327 g/mol. The van der Waals surface area contributed by atoms with Gasteiger partial charge < -0.3 is 15.0 Å². The Hall–Kier alpha value is -0.0700. The van der Waals surface area contributed by atoms with E-state index in [-0.39, 0.29) is 42.9 Å². The zero-order valence-corrected chi connectivity index (χ0v) is 14.1. The van der Waals surface area contributed by atoms with Crippen molar-refractivity contribution in [2.24, 2.45) is 0 Å². The van der Waals surface area contributed by atoms with Crippen LogP contribution in [0.15, 0.2) is 0 Å². The first-order valence-corrected chi connectivity index (χ1v) is 6.97. The van der Waals surface area contributed by atoms with Gasteiger partial charge in [-0.1, -0.05) is 0 Å². The van der Waals surface area contributed by atoms with Crippen LogP contribution in [0.25, 0.3) is 0 Å². The molecule has 2 aliphatic rings. The molecule has 2 rings (SSSR count). The van der Waals surface area contributed by atoms with Crippen molar-refractivity contribution in [3.05, 3.63) is 0 Å². The molecule has 2 fully saturated rings. The van der Waals surface area contributed by atoms with Gasteiger partial charge in [-0.2, -0.15) is 0 Å². The molecular formula is C13H27Cl2N3O2. The summed E-state index contributed by atoms with van der Waals surface area (Å²) in [6.07, 6.45) is -0.0191. The number of hydrogen-bond acceptors (Lipinski definition) is 4. The maximum absolute atomic E-state index is 12.4. The first-order chi connectivity index (χ1) is 8.59. The number of carbonyl (C=O) groups excluding carboxylic acids is 1. The molecule has 2 aliphatic heterocycles. The molecule has 1 N–H and O–H groups in total. The predicted molar refractivity (Wildman–Crippen MR) is 85.0 cm³/mol. The normalized spacial score (nSPS) is 27.7. The van der Waals surface area contributed by atoms with Crippen LogP contribution in [0.2, 0.25) is 0 Å². The second kappa shape index (κ2) is 9.05. The zero-order valence-electron chi connectivity index (χ0n) is 12.5. The lowest BCUT2D eigenvalue weighted by molar-refractivity contribution is -0.141. The smallest absolute Gasteiger partial charge is 0.242 e. The van der Waals surface area contributed by atoms with Crippen molar-refractivity contribution in [1.82, 2.24) is 15.1 Å². The fourth-order valence-electron chi connectivity index (χ4n) is 2.66. The van der Waals surface area contributed by atoms with E-state index < -0.39 is 0 Å². The average Bonchev–Trinajstić information content (AvgIpc) is 2.38. The van der Waals surface area contributed by atoms with Crippen molar-refractivity contribution >= 4 is 30.7 Å². The molecule has 0 spiro atoms. The lowest BCUT2D eigenvalue weighted by Crippen LogP contribution is -2.60. The Morgan fingerprint density at radius 1 is 1.20 bits per heavy atom. The number of carbonyl (C=O) groups is 1. The standard InChI is InChI=1S/C13H25N3O2.2ClH/c1-10(2)15-5-7-16(8-6-15)13(17)12-11(3)18-9-4-14-12;;/h10-12,14H,4-9H2,1-3H3;2*1H/t11-,12+;;/m1../s1. The number of rotatable bonds is 2. The van der Waals surface area contributed by atoms with E-state index in [1.54, 1.807) is 0 Å². The van der Waals surface area contributed by atoms with Gasteiger partial charge in [0.05, 0.1) is 12.7 Å². The van der Waals surface area contributed by atoms with Gasteiger partial charge >= 0.3 is 0 Å². The molecule has 0 saturated carbocycles. The van der Waals surface area contributed by atoms with E-state index in [4.69, 9.17) is 4.74 Å². The minimum Gasteiger partial charge on any atom is -0.375 e. The molecule has 7 heteroatoms. The maximum atomic E-state index is 12.4. The van der Waals surface area contributed by atoms with Crippen LogP contribution in [0.4, 0.5) is 0 Å². The number of nitrogens with zero attached hydrogens (tertiary/aromatic N) is 2. The molecule has 2 saturated heterocycles. The van der Waals surface area contributed by atoms with Crippen LogP contribution in [0.3, 0.4) is 0 Å². The van der Waals surface area contributed by atoms with Gasteiger partial charge in [-0.05, 0) is 20.8 Å². The number of ether oxygens (including phenoxy) is 1. The summed E-state index contributed by atoms with van der Waals surface area (Å²) in [6.45, 7) is 11.5. The Bertz CT molecular complexity index is 297. The van der Waals surface area contributed by atoms with E-state index in [0.717, 1.165) is 32.7 Å². The fourth-order valence-corrected chi connectivity index (χ4v) is 2.66. The third-order valence-corrected chi connectivity index (χ3v) is 3.94.